The number of β-lactam (4-membered cyclic amide) rings is 1. The maximum atomic E-state index is 13.5. The Balaban J connectivity index is 1.30. The lowest BCUT2D eigenvalue weighted by atomic mass is 9.89. The van der Waals surface area contributed by atoms with Gasteiger partial charge in [0.15, 0.2) is 28.2 Å². The Bertz CT molecular complexity index is 2190. The molecule has 1 amide bonds. The SMILES string of the molecule is C[C@H](O/N=C(\C(=O)C[C@@H]1C(=O)N2C(C(=O)O)=C(C[n+]3cnc(NCCN)c(NCCCC(=O)c4cc(=O)c(O)cn4O)c3)CSC12)c1nc(N)sc1Cl)C(=O)O. The number of oxime groups is 1. The number of hydrogen-bond donors (Lipinski definition) is 8. The van der Waals surface area contributed by atoms with E-state index in [1.54, 1.807) is 10.8 Å². The molecule has 0 saturated carbocycles. The molecule has 5 rings (SSSR count). The van der Waals surface area contributed by atoms with Crippen molar-refractivity contribution in [1.29, 1.82) is 0 Å². The molecule has 21 nitrogen and oxygen atoms in total. The van der Waals surface area contributed by atoms with Gasteiger partial charge in [-0.05, 0) is 18.3 Å². The number of aromatic nitrogens is 4. The summed E-state index contributed by atoms with van der Waals surface area (Å²) in [5.74, 6) is -5.68. The van der Waals surface area contributed by atoms with Crippen LogP contribution in [0.25, 0.3) is 0 Å². The molecular weight excluding hydrogens is 800 g/mol. The van der Waals surface area contributed by atoms with E-state index < -0.39 is 70.1 Å². The predicted molar refractivity (Wildman–Crippen MR) is 201 cm³/mol. The van der Waals surface area contributed by atoms with Crippen molar-refractivity contribution in [3.8, 4) is 5.75 Å². The number of nitrogens with zero attached hydrogens (tertiary/aromatic N) is 6. The third-order valence-electron chi connectivity index (χ3n) is 8.39. The first-order chi connectivity index (χ1) is 26.6. The fourth-order valence-corrected chi connectivity index (χ4v) is 7.98. The molecule has 10 N–H and O–H groups in total. The minimum Gasteiger partial charge on any atom is -0.503 e. The number of ketones is 2. The zero-order chi connectivity index (χ0) is 40.8. The van der Waals surface area contributed by atoms with Crippen molar-refractivity contribution in [3.05, 3.63) is 62.0 Å². The number of nitrogens with two attached hydrogens (primary N) is 2. The maximum absolute atomic E-state index is 13.5. The summed E-state index contributed by atoms with van der Waals surface area (Å²) in [6, 6.07) is 0.842. The zero-order valence-corrected chi connectivity index (χ0v) is 31.8. The van der Waals surface area contributed by atoms with Crippen molar-refractivity contribution in [1.82, 2.24) is 19.6 Å². The standard InChI is InChI=1S/C32H35ClN10O11S2/c1-14(30(49)50)54-40-23(24-26(33)56-32(35)39-24)21(46)7-16-28(48)43-25(31(51)52)15(12-55-29(16)43)9-41-10-17(27(38-13-41)37-6-4-34)36-5-2-3-19(44)18-8-20(45)22(47)11-42(18)53/h8,10-11,13-14,16,29,36,53H,2-7,9,12,34H2,1H3,(H5,35,39,47,49,50,51,52)/p+1/b40-23+/t14-,16+,29?/m0/s1. The first-order valence-electron chi connectivity index (χ1n) is 16.7. The summed E-state index contributed by atoms with van der Waals surface area (Å²) in [6.45, 7) is 2.12. The Morgan fingerprint density at radius 2 is 1.96 bits per heavy atom. The van der Waals surface area contributed by atoms with Crippen LogP contribution in [0, 0.1) is 5.92 Å². The Hall–Kier alpha value is -5.78. The lowest BCUT2D eigenvalue weighted by molar-refractivity contribution is -0.691. The number of nitrogens with one attached hydrogen (secondary N) is 2. The molecule has 298 valence electrons. The van der Waals surface area contributed by atoms with Crippen LogP contribution in [0.2, 0.25) is 4.34 Å². The molecule has 24 heteroatoms. The number of carboxylic acids is 2. The number of thioether (sulfide) groups is 1. The Kier molecular flexibility index (Phi) is 13.1. The van der Waals surface area contributed by atoms with Gasteiger partial charge in [-0.15, -0.1) is 11.8 Å². The second kappa shape index (κ2) is 17.8. The van der Waals surface area contributed by atoms with Crippen LogP contribution in [0.15, 0.2) is 46.0 Å². The second-order valence-corrected chi connectivity index (χ2v) is 15.1. The van der Waals surface area contributed by atoms with Crippen molar-refractivity contribution in [2.24, 2.45) is 16.8 Å². The molecule has 1 saturated heterocycles. The number of amides is 1. The van der Waals surface area contributed by atoms with E-state index in [0.29, 0.717) is 34.9 Å². The summed E-state index contributed by atoms with van der Waals surface area (Å²) in [5, 5.41) is 48.1. The number of aromatic hydroxyl groups is 1. The second-order valence-electron chi connectivity index (χ2n) is 12.3. The zero-order valence-electron chi connectivity index (χ0n) is 29.4. The molecule has 0 bridgehead atoms. The molecule has 2 aliphatic heterocycles. The molecule has 5 heterocycles. The van der Waals surface area contributed by atoms with E-state index in [9.17, 15) is 49.3 Å². The smallest absolute Gasteiger partial charge is 0.352 e. The van der Waals surface area contributed by atoms with Gasteiger partial charge in [-0.2, -0.15) is 4.73 Å². The van der Waals surface area contributed by atoms with Crippen molar-refractivity contribution in [2.75, 3.05) is 41.8 Å². The Labute approximate surface area is 329 Å². The molecule has 1 unspecified atom stereocenters. The van der Waals surface area contributed by atoms with Crippen molar-refractivity contribution >= 4 is 86.5 Å². The van der Waals surface area contributed by atoms with E-state index in [2.05, 4.69) is 25.8 Å². The van der Waals surface area contributed by atoms with Gasteiger partial charge in [0.05, 0.1) is 17.5 Å². The van der Waals surface area contributed by atoms with Crippen LogP contribution < -0.4 is 32.1 Å². The van der Waals surface area contributed by atoms with Gasteiger partial charge >= 0.3 is 11.9 Å². The molecule has 0 aliphatic carbocycles. The summed E-state index contributed by atoms with van der Waals surface area (Å²) >= 11 is 8.31. The number of halogens is 1. The third kappa shape index (κ3) is 9.18. The van der Waals surface area contributed by atoms with E-state index in [1.807, 2.05) is 0 Å². The fourth-order valence-electron chi connectivity index (χ4n) is 5.65. The minimum absolute atomic E-state index is 0.00649. The minimum atomic E-state index is -1.43. The third-order valence-corrected chi connectivity index (χ3v) is 10.9. The summed E-state index contributed by atoms with van der Waals surface area (Å²) in [4.78, 5) is 89.8. The summed E-state index contributed by atoms with van der Waals surface area (Å²) in [7, 11) is 0. The normalized spacial score (nSPS) is 17.2. The summed E-state index contributed by atoms with van der Waals surface area (Å²) in [5.41, 5.74) is 10.3. The fraction of sp³-hybridized carbons (Fsp3) is 0.375. The lowest BCUT2D eigenvalue weighted by Gasteiger charge is -2.49. The number of carboxylic acid groups (broad SMARTS) is 2. The molecule has 3 aromatic rings. The largest absolute Gasteiger partial charge is 0.503 e. The van der Waals surface area contributed by atoms with Crippen LogP contribution in [0.3, 0.4) is 0 Å². The van der Waals surface area contributed by atoms with E-state index in [4.69, 9.17) is 27.9 Å². The number of hydrogen-bond acceptors (Lipinski definition) is 18. The molecular formula is C32H36ClN10O11S2+. The van der Waals surface area contributed by atoms with Crippen LogP contribution in [0.1, 0.15) is 42.4 Å². The van der Waals surface area contributed by atoms with Gasteiger partial charge in [0.25, 0.3) is 12.1 Å². The number of pyridine rings is 1. The van der Waals surface area contributed by atoms with Crippen LogP contribution in [0.5, 0.6) is 5.75 Å². The highest BCUT2D eigenvalue weighted by Crippen LogP contribution is 2.45. The van der Waals surface area contributed by atoms with Crippen molar-refractivity contribution < 1.29 is 53.9 Å². The van der Waals surface area contributed by atoms with Gasteiger partial charge < -0.3 is 47.5 Å². The Morgan fingerprint density at radius 1 is 1.21 bits per heavy atom. The molecule has 2 aliphatic rings. The first-order valence-corrected chi connectivity index (χ1v) is 18.9. The van der Waals surface area contributed by atoms with Gasteiger partial charge in [0, 0.05) is 49.9 Å². The highest BCUT2D eigenvalue weighted by atomic mass is 35.5. The number of aliphatic carboxylic acids is 2. The van der Waals surface area contributed by atoms with Gasteiger partial charge in [-0.25, -0.2) is 19.1 Å². The lowest BCUT2D eigenvalue weighted by Crippen LogP contribution is -2.62. The van der Waals surface area contributed by atoms with E-state index in [1.165, 1.54) is 25.0 Å². The average Bonchev–Trinajstić information content (AvgIpc) is 3.49. The topological polar surface area (TPSA) is 319 Å². The highest BCUT2D eigenvalue weighted by Gasteiger charge is 2.54. The van der Waals surface area contributed by atoms with E-state index in [0.717, 1.165) is 28.5 Å². The number of carbonyl (C=O) groups is 5. The van der Waals surface area contributed by atoms with Crippen LogP contribution in [-0.4, -0.2) is 112 Å². The molecule has 3 atom stereocenters. The molecule has 3 aromatic heterocycles. The number of rotatable bonds is 19. The number of nitrogen functional groups attached to an aromatic ring is 1. The van der Waals surface area contributed by atoms with Gasteiger partial charge in [-0.1, -0.05) is 28.1 Å². The first kappa shape index (κ1) is 41.4. The number of fused-ring (bicyclic) bond motifs is 1. The summed E-state index contributed by atoms with van der Waals surface area (Å²) in [6.07, 6.45) is 2.20. The quantitative estimate of drug-likeness (QED) is 0.0153. The molecule has 1 fully saturated rings. The monoisotopic (exact) mass is 835 g/mol. The molecule has 56 heavy (non-hydrogen) atoms. The van der Waals surface area contributed by atoms with Crippen LogP contribution in [-0.2, 0) is 30.6 Å². The van der Waals surface area contributed by atoms with Gasteiger partial charge in [0.2, 0.25) is 17.4 Å². The summed E-state index contributed by atoms with van der Waals surface area (Å²) < 4.78 is 1.98. The van der Waals surface area contributed by atoms with Crippen LogP contribution >= 0.6 is 34.7 Å². The molecule has 0 radical (unpaired) electrons. The van der Waals surface area contributed by atoms with E-state index >= 15 is 0 Å². The van der Waals surface area contributed by atoms with Gasteiger partial charge in [-0.3, -0.25) is 24.1 Å². The van der Waals surface area contributed by atoms with Crippen LogP contribution in [0.4, 0.5) is 16.6 Å². The number of anilines is 3. The Morgan fingerprint density at radius 3 is 2.62 bits per heavy atom. The van der Waals surface area contributed by atoms with Crippen molar-refractivity contribution in [3.63, 3.8) is 0 Å². The highest BCUT2D eigenvalue weighted by molar-refractivity contribution is 8.00. The predicted octanol–water partition coefficient (Wildman–Crippen LogP) is 0.335. The molecule has 0 aromatic carbocycles. The number of thiazole rings is 1. The molecule has 0 spiro atoms. The number of Topliss-reactive ketones (excluding diaryl/α,β-unsaturated/α-hetero) is 2. The van der Waals surface area contributed by atoms with E-state index in [-0.39, 0.29) is 58.2 Å². The maximum Gasteiger partial charge on any atom is 0.352 e. The average molecular weight is 836 g/mol. The van der Waals surface area contributed by atoms with Crippen molar-refractivity contribution in [2.45, 2.75) is 44.2 Å². The van der Waals surface area contributed by atoms with Gasteiger partial charge in [0.1, 0.15) is 39.9 Å². The number of carbonyl (C=O) groups excluding carboxylic acids is 3.